The molecule has 0 spiro atoms. The number of anilines is 1. The maximum Gasteiger partial charge on any atom is 0.236 e. The van der Waals surface area contributed by atoms with Gasteiger partial charge in [0.05, 0.1) is 0 Å². The largest absolute Gasteiger partial charge is 0.384 e. The molecule has 0 aliphatic carbocycles. The smallest absolute Gasteiger partial charge is 0.236 e. The van der Waals surface area contributed by atoms with Gasteiger partial charge in [0, 0.05) is 28.4 Å². The molecule has 0 bridgehead atoms. The average molecular weight is 321 g/mol. The van der Waals surface area contributed by atoms with Gasteiger partial charge in [-0.25, -0.2) is 0 Å². The summed E-state index contributed by atoms with van der Waals surface area (Å²) in [6.07, 6.45) is 0.934. The summed E-state index contributed by atoms with van der Waals surface area (Å²) in [5.41, 5.74) is 5.98. The van der Waals surface area contributed by atoms with Crippen LogP contribution in [0, 0.1) is 13.8 Å². The van der Waals surface area contributed by atoms with E-state index < -0.39 is 0 Å². The number of hydrogen-bond acceptors (Lipinski definition) is 3. The first-order valence-corrected chi connectivity index (χ1v) is 8.79. The lowest BCUT2D eigenvalue weighted by molar-refractivity contribution is 0.693. The van der Waals surface area contributed by atoms with Crippen molar-refractivity contribution in [2.45, 2.75) is 26.2 Å². The molecule has 0 saturated carbocycles. The van der Waals surface area contributed by atoms with Crippen molar-refractivity contribution in [2.24, 2.45) is 0 Å². The van der Waals surface area contributed by atoms with E-state index in [0.717, 1.165) is 23.2 Å². The Hall–Kier alpha value is -2.13. The van der Waals surface area contributed by atoms with E-state index in [9.17, 15) is 4.79 Å². The average Bonchev–Trinajstić information content (AvgIpc) is 2.54. The zero-order chi connectivity index (χ0) is 16.0. The Bertz CT molecular complexity index is 958. The van der Waals surface area contributed by atoms with Crippen molar-refractivity contribution >= 4 is 27.1 Å². The number of rotatable bonds is 1. The first-order chi connectivity index (χ1) is 11.1. The van der Waals surface area contributed by atoms with Gasteiger partial charge in [-0.3, -0.25) is 4.79 Å². The molecule has 1 aromatic heterocycles. The zero-order valence-electron chi connectivity index (χ0n) is 13.3. The quantitative estimate of drug-likeness (QED) is 0.708. The molecule has 0 radical (unpaired) electrons. The standard InChI is InChI=1S/C20H19NOS/c1-12-3-5-18-14(7-12)9-16(11-21-18)17-10-15-8-13(2)4-6-19(15)23-20(17)22/h3-8,10,16,21H,9,11H2,1-2H3. The zero-order valence-corrected chi connectivity index (χ0v) is 14.2. The Morgan fingerprint density at radius 1 is 1.04 bits per heavy atom. The highest BCUT2D eigenvalue weighted by molar-refractivity contribution is 7.16. The summed E-state index contributed by atoms with van der Waals surface area (Å²) in [6.45, 7) is 5.04. The monoisotopic (exact) mass is 321 g/mol. The molecule has 3 aromatic rings. The van der Waals surface area contributed by atoms with Crippen LogP contribution in [-0.2, 0) is 6.42 Å². The molecule has 0 saturated heterocycles. The second-order valence-corrected chi connectivity index (χ2v) is 7.49. The van der Waals surface area contributed by atoms with E-state index in [4.69, 9.17) is 0 Å². The van der Waals surface area contributed by atoms with Gasteiger partial charge in [-0.05, 0) is 49.4 Å². The second kappa shape index (κ2) is 5.50. The number of benzene rings is 2. The van der Waals surface area contributed by atoms with Gasteiger partial charge in [0.2, 0.25) is 4.74 Å². The van der Waals surface area contributed by atoms with Gasteiger partial charge in [0.25, 0.3) is 0 Å². The molecule has 2 heterocycles. The second-order valence-electron chi connectivity index (χ2n) is 6.47. The van der Waals surface area contributed by atoms with Crippen LogP contribution in [0.1, 0.15) is 28.2 Å². The van der Waals surface area contributed by atoms with Crippen LogP contribution in [0.2, 0.25) is 0 Å². The SMILES string of the molecule is Cc1ccc2c(c1)CC(c1cc3cc(C)ccc3sc1=O)CN2. The van der Waals surface area contributed by atoms with E-state index in [1.54, 1.807) is 0 Å². The fourth-order valence-corrected chi connectivity index (χ4v) is 4.31. The number of hydrogen-bond donors (Lipinski definition) is 1. The Kier molecular flexibility index (Phi) is 3.46. The summed E-state index contributed by atoms with van der Waals surface area (Å²) in [5, 5.41) is 4.67. The van der Waals surface area contributed by atoms with E-state index in [1.807, 2.05) is 0 Å². The van der Waals surface area contributed by atoms with E-state index in [1.165, 1.54) is 39.1 Å². The van der Waals surface area contributed by atoms with Gasteiger partial charge in [0.15, 0.2) is 0 Å². The van der Waals surface area contributed by atoms with Gasteiger partial charge in [0.1, 0.15) is 0 Å². The van der Waals surface area contributed by atoms with Crippen molar-refractivity contribution in [1.82, 2.24) is 0 Å². The molecule has 0 amide bonds. The van der Waals surface area contributed by atoms with E-state index >= 15 is 0 Å². The molecule has 1 atom stereocenters. The molecule has 2 nitrogen and oxygen atoms in total. The minimum absolute atomic E-state index is 0.198. The molecule has 1 aliphatic heterocycles. The molecule has 1 N–H and O–H groups in total. The lowest BCUT2D eigenvalue weighted by Crippen LogP contribution is -2.25. The normalized spacial score (nSPS) is 16.9. The van der Waals surface area contributed by atoms with Crippen molar-refractivity contribution in [3.05, 3.63) is 74.3 Å². The van der Waals surface area contributed by atoms with Gasteiger partial charge in [-0.2, -0.15) is 0 Å². The van der Waals surface area contributed by atoms with Crippen LogP contribution in [-0.4, -0.2) is 6.54 Å². The highest BCUT2D eigenvalue weighted by Gasteiger charge is 2.22. The molecule has 2 aromatic carbocycles. The molecule has 23 heavy (non-hydrogen) atoms. The number of nitrogens with one attached hydrogen (secondary N) is 1. The van der Waals surface area contributed by atoms with Crippen LogP contribution < -0.4 is 10.1 Å². The minimum Gasteiger partial charge on any atom is -0.384 e. The predicted molar refractivity (Wildman–Crippen MR) is 98.9 cm³/mol. The fourth-order valence-electron chi connectivity index (χ4n) is 3.40. The molecule has 4 rings (SSSR count). The van der Waals surface area contributed by atoms with E-state index in [2.05, 4.69) is 61.6 Å². The molecule has 3 heteroatoms. The van der Waals surface area contributed by atoms with E-state index in [0.29, 0.717) is 0 Å². The van der Waals surface area contributed by atoms with Crippen LogP contribution in [0.5, 0.6) is 0 Å². The Labute approximate surface area is 139 Å². The number of aryl methyl sites for hydroxylation is 2. The van der Waals surface area contributed by atoms with Crippen molar-refractivity contribution in [2.75, 3.05) is 11.9 Å². The summed E-state index contributed by atoms with van der Waals surface area (Å²) in [5.74, 6) is 0.248. The van der Waals surface area contributed by atoms with Gasteiger partial charge >= 0.3 is 0 Å². The summed E-state index contributed by atoms with van der Waals surface area (Å²) in [6, 6.07) is 14.9. The Balaban J connectivity index is 1.77. The highest BCUT2D eigenvalue weighted by atomic mass is 32.1. The molecular weight excluding hydrogens is 302 g/mol. The minimum atomic E-state index is 0.198. The summed E-state index contributed by atoms with van der Waals surface area (Å²) < 4.78 is 1.27. The Morgan fingerprint density at radius 2 is 1.83 bits per heavy atom. The van der Waals surface area contributed by atoms with Gasteiger partial charge in [-0.1, -0.05) is 46.7 Å². The van der Waals surface area contributed by atoms with Crippen LogP contribution in [0.4, 0.5) is 5.69 Å². The third kappa shape index (κ3) is 2.66. The van der Waals surface area contributed by atoms with Gasteiger partial charge in [-0.15, -0.1) is 0 Å². The molecule has 0 fully saturated rings. The summed E-state index contributed by atoms with van der Waals surface area (Å²) >= 11 is 1.37. The first kappa shape index (κ1) is 14.5. The topological polar surface area (TPSA) is 29.1 Å². The van der Waals surface area contributed by atoms with Crippen LogP contribution in [0.3, 0.4) is 0 Å². The predicted octanol–water partition coefficient (Wildman–Crippen LogP) is 4.63. The number of fused-ring (bicyclic) bond motifs is 2. The molecule has 1 aliphatic rings. The highest BCUT2D eigenvalue weighted by Crippen LogP contribution is 2.31. The molecule has 1 unspecified atom stereocenters. The van der Waals surface area contributed by atoms with Crippen molar-refractivity contribution in [3.63, 3.8) is 0 Å². The Morgan fingerprint density at radius 3 is 2.70 bits per heavy atom. The van der Waals surface area contributed by atoms with E-state index in [-0.39, 0.29) is 10.7 Å². The lowest BCUT2D eigenvalue weighted by atomic mass is 9.88. The summed E-state index contributed by atoms with van der Waals surface area (Å²) in [4.78, 5) is 12.6. The molecular formula is C20H19NOS. The van der Waals surface area contributed by atoms with Crippen molar-refractivity contribution in [1.29, 1.82) is 0 Å². The van der Waals surface area contributed by atoms with Crippen LogP contribution >= 0.6 is 11.3 Å². The van der Waals surface area contributed by atoms with Crippen LogP contribution in [0.25, 0.3) is 10.1 Å². The maximum absolute atomic E-state index is 12.6. The third-order valence-electron chi connectivity index (χ3n) is 4.62. The molecule has 116 valence electrons. The van der Waals surface area contributed by atoms with Crippen molar-refractivity contribution < 1.29 is 0 Å². The lowest BCUT2D eigenvalue weighted by Gasteiger charge is -2.26. The van der Waals surface area contributed by atoms with Crippen LogP contribution in [0.15, 0.2) is 47.3 Å². The fraction of sp³-hybridized carbons (Fsp3) is 0.250. The first-order valence-electron chi connectivity index (χ1n) is 7.98. The maximum atomic E-state index is 12.6. The van der Waals surface area contributed by atoms with Crippen molar-refractivity contribution in [3.8, 4) is 0 Å². The summed E-state index contributed by atoms with van der Waals surface area (Å²) in [7, 11) is 0. The third-order valence-corrected chi connectivity index (χ3v) is 5.63. The van der Waals surface area contributed by atoms with Gasteiger partial charge < -0.3 is 5.32 Å².